The predicted octanol–water partition coefficient (Wildman–Crippen LogP) is 3.45. The molecule has 3 N–H and O–H groups in total. The van der Waals surface area contributed by atoms with Crippen molar-refractivity contribution in [2.45, 2.75) is 31.8 Å². The second-order valence-corrected chi connectivity index (χ2v) is 6.16. The van der Waals surface area contributed by atoms with Crippen LogP contribution in [0, 0.1) is 0 Å². The molecule has 5 heteroatoms. The molecule has 1 aliphatic rings. The van der Waals surface area contributed by atoms with E-state index in [4.69, 9.17) is 11.6 Å². The lowest BCUT2D eigenvalue weighted by atomic mass is 10.0. The van der Waals surface area contributed by atoms with Gasteiger partial charge in [-0.05, 0) is 48.2 Å². The van der Waals surface area contributed by atoms with E-state index in [0.29, 0.717) is 11.4 Å². The second kappa shape index (κ2) is 7.13. The molecule has 0 spiro atoms. The summed E-state index contributed by atoms with van der Waals surface area (Å²) in [5.74, 6) is -0.0321. The Balaban J connectivity index is 1.63. The Hall–Kier alpha value is -1.88. The lowest BCUT2D eigenvalue weighted by molar-refractivity contribution is -0.117. The first-order valence-corrected chi connectivity index (χ1v) is 8.20. The summed E-state index contributed by atoms with van der Waals surface area (Å²) in [7, 11) is 0. The van der Waals surface area contributed by atoms with E-state index in [2.05, 4.69) is 29.2 Å². The molecule has 0 radical (unpaired) electrons. The summed E-state index contributed by atoms with van der Waals surface area (Å²) in [6.07, 6.45) is 1.63. The Labute approximate surface area is 141 Å². The Bertz CT molecular complexity index is 704. The van der Waals surface area contributed by atoms with Crippen LogP contribution in [-0.2, 0) is 11.2 Å². The molecule has 1 heterocycles. The second-order valence-electron chi connectivity index (χ2n) is 5.73. The number of benzene rings is 2. The third kappa shape index (κ3) is 3.91. The molecular formula is C18H20ClN3O. The average molecular weight is 330 g/mol. The first kappa shape index (κ1) is 16.0. The summed E-state index contributed by atoms with van der Waals surface area (Å²) in [6, 6.07) is 15.4. The van der Waals surface area contributed by atoms with Crippen LogP contribution in [0.15, 0.2) is 48.5 Å². The van der Waals surface area contributed by atoms with Crippen molar-refractivity contribution in [1.29, 1.82) is 0 Å². The summed E-state index contributed by atoms with van der Waals surface area (Å²) in [5.41, 5.74) is 9.36. The van der Waals surface area contributed by atoms with Crippen LogP contribution in [-0.4, -0.2) is 11.9 Å². The molecule has 0 bridgehead atoms. The van der Waals surface area contributed by atoms with E-state index in [1.807, 2.05) is 42.5 Å². The van der Waals surface area contributed by atoms with Crippen molar-refractivity contribution in [2.24, 2.45) is 0 Å². The van der Waals surface area contributed by atoms with Gasteiger partial charge < -0.3 is 5.32 Å². The SMILES string of the molecule is CCc1cccc(NC(=O)C2CC(c3cccc(Cl)c3)NN2)c1. The minimum atomic E-state index is -0.274. The molecule has 2 unspecified atom stereocenters. The Kier molecular flexibility index (Phi) is 4.96. The van der Waals surface area contributed by atoms with Crippen LogP contribution < -0.4 is 16.2 Å². The van der Waals surface area contributed by atoms with Crippen molar-refractivity contribution in [3.8, 4) is 0 Å². The van der Waals surface area contributed by atoms with Gasteiger partial charge in [-0.1, -0.05) is 42.8 Å². The Morgan fingerprint density at radius 1 is 1.22 bits per heavy atom. The highest BCUT2D eigenvalue weighted by molar-refractivity contribution is 6.30. The molecule has 0 aliphatic carbocycles. The quantitative estimate of drug-likeness (QED) is 0.805. The number of hydrogen-bond donors (Lipinski definition) is 3. The van der Waals surface area contributed by atoms with E-state index in [9.17, 15) is 4.79 Å². The fraction of sp³-hybridized carbons (Fsp3) is 0.278. The lowest BCUT2D eigenvalue weighted by Gasteiger charge is -2.11. The van der Waals surface area contributed by atoms with Gasteiger partial charge in [-0.15, -0.1) is 0 Å². The topological polar surface area (TPSA) is 53.2 Å². The molecular weight excluding hydrogens is 310 g/mol. The van der Waals surface area contributed by atoms with Crippen LogP contribution in [0.1, 0.15) is 30.5 Å². The van der Waals surface area contributed by atoms with Gasteiger partial charge in [-0.2, -0.15) is 0 Å². The third-order valence-corrected chi connectivity index (χ3v) is 4.31. The van der Waals surface area contributed by atoms with Crippen LogP contribution in [0.25, 0.3) is 0 Å². The summed E-state index contributed by atoms with van der Waals surface area (Å²) in [5, 5.41) is 3.68. The van der Waals surface area contributed by atoms with Gasteiger partial charge in [0.1, 0.15) is 6.04 Å². The molecule has 2 aromatic carbocycles. The molecule has 1 amide bonds. The fourth-order valence-corrected chi connectivity index (χ4v) is 2.97. The molecule has 23 heavy (non-hydrogen) atoms. The van der Waals surface area contributed by atoms with E-state index in [-0.39, 0.29) is 18.0 Å². The van der Waals surface area contributed by atoms with Crippen molar-refractivity contribution >= 4 is 23.2 Å². The van der Waals surface area contributed by atoms with Crippen molar-refractivity contribution in [3.63, 3.8) is 0 Å². The zero-order chi connectivity index (χ0) is 16.2. The monoisotopic (exact) mass is 329 g/mol. The molecule has 120 valence electrons. The number of carbonyl (C=O) groups is 1. The van der Waals surface area contributed by atoms with Crippen molar-refractivity contribution < 1.29 is 4.79 Å². The first-order chi connectivity index (χ1) is 11.2. The molecule has 1 fully saturated rings. The largest absolute Gasteiger partial charge is 0.325 e. The first-order valence-electron chi connectivity index (χ1n) is 7.82. The Morgan fingerprint density at radius 2 is 2.04 bits per heavy atom. The van der Waals surface area contributed by atoms with Gasteiger partial charge in [-0.25, -0.2) is 10.9 Å². The normalized spacial score (nSPS) is 20.4. The van der Waals surface area contributed by atoms with Gasteiger partial charge in [0.05, 0.1) is 0 Å². The maximum atomic E-state index is 12.4. The number of hydrogen-bond acceptors (Lipinski definition) is 3. The highest BCUT2D eigenvalue weighted by atomic mass is 35.5. The summed E-state index contributed by atoms with van der Waals surface area (Å²) < 4.78 is 0. The maximum absolute atomic E-state index is 12.4. The zero-order valence-electron chi connectivity index (χ0n) is 13.0. The van der Waals surface area contributed by atoms with E-state index in [1.165, 1.54) is 5.56 Å². The van der Waals surface area contributed by atoms with Crippen LogP contribution in [0.2, 0.25) is 5.02 Å². The summed E-state index contributed by atoms with van der Waals surface area (Å²) >= 11 is 6.03. The van der Waals surface area contributed by atoms with Crippen LogP contribution in [0.3, 0.4) is 0 Å². The number of nitrogens with one attached hydrogen (secondary N) is 3. The van der Waals surface area contributed by atoms with Gasteiger partial charge >= 0.3 is 0 Å². The summed E-state index contributed by atoms with van der Waals surface area (Å²) in [6.45, 7) is 2.10. The van der Waals surface area contributed by atoms with Crippen molar-refractivity contribution in [2.75, 3.05) is 5.32 Å². The van der Waals surface area contributed by atoms with E-state index < -0.39 is 0 Å². The third-order valence-electron chi connectivity index (χ3n) is 4.07. The van der Waals surface area contributed by atoms with Gasteiger partial charge in [0.25, 0.3) is 0 Å². The molecule has 1 saturated heterocycles. The standard InChI is InChI=1S/C18H20ClN3O/c1-2-12-5-3-8-15(9-12)20-18(23)17-11-16(21-22-17)13-6-4-7-14(19)10-13/h3-10,16-17,21-22H,2,11H2,1H3,(H,20,23). The molecule has 1 aliphatic heterocycles. The average Bonchev–Trinajstić information content (AvgIpc) is 3.05. The number of amides is 1. The van der Waals surface area contributed by atoms with Crippen molar-refractivity contribution in [3.05, 3.63) is 64.7 Å². The number of anilines is 1. The van der Waals surface area contributed by atoms with E-state index in [1.54, 1.807) is 0 Å². The molecule has 3 rings (SSSR count). The zero-order valence-corrected chi connectivity index (χ0v) is 13.7. The molecule has 0 saturated carbocycles. The smallest absolute Gasteiger partial charge is 0.242 e. The molecule has 4 nitrogen and oxygen atoms in total. The number of rotatable bonds is 4. The highest BCUT2D eigenvalue weighted by Gasteiger charge is 2.30. The van der Waals surface area contributed by atoms with Gasteiger partial charge in [-0.3, -0.25) is 4.79 Å². The number of carbonyl (C=O) groups excluding carboxylic acids is 1. The minimum absolute atomic E-state index is 0.0321. The predicted molar refractivity (Wildman–Crippen MR) is 93.3 cm³/mol. The minimum Gasteiger partial charge on any atom is -0.325 e. The maximum Gasteiger partial charge on any atom is 0.242 e. The van der Waals surface area contributed by atoms with Gasteiger partial charge in [0.15, 0.2) is 0 Å². The number of hydrazine groups is 1. The molecule has 0 aromatic heterocycles. The molecule has 2 aromatic rings. The lowest BCUT2D eigenvalue weighted by Crippen LogP contribution is -2.39. The molecule has 2 atom stereocenters. The Morgan fingerprint density at radius 3 is 2.83 bits per heavy atom. The summed E-state index contributed by atoms with van der Waals surface area (Å²) in [4.78, 5) is 12.4. The van der Waals surface area contributed by atoms with Gasteiger partial charge in [0, 0.05) is 16.8 Å². The number of aryl methyl sites for hydroxylation is 1. The number of halogens is 1. The van der Waals surface area contributed by atoms with Crippen molar-refractivity contribution in [1.82, 2.24) is 10.9 Å². The van der Waals surface area contributed by atoms with Crippen LogP contribution in [0.5, 0.6) is 0 Å². The van der Waals surface area contributed by atoms with E-state index >= 15 is 0 Å². The fourth-order valence-electron chi connectivity index (χ4n) is 2.77. The van der Waals surface area contributed by atoms with Gasteiger partial charge in [0.2, 0.25) is 5.91 Å². The van der Waals surface area contributed by atoms with E-state index in [0.717, 1.165) is 17.7 Å². The highest BCUT2D eigenvalue weighted by Crippen LogP contribution is 2.25. The van der Waals surface area contributed by atoms with Crippen LogP contribution >= 0.6 is 11.6 Å². The van der Waals surface area contributed by atoms with Crippen LogP contribution in [0.4, 0.5) is 5.69 Å².